The summed E-state index contributed by atoms with van der Waals surface area (Å²) in [6.45, 7) is 5.47. The van der Waals surface area contributed by atoms with Gasteiger partial charge in [-0.2, -0.15) is 0 Å². The molecule has 0 aliphatic carbocycles. The van der Waals surface area contributed by atoms with Crippen LogP contribution in [0.15, 0.2) is 12.2 Å². The van der Waals surface area contributed by atoms with Gasteiger partial charge in [-0.25, -0.2) is 0 Å². The molecule has 0 aromatic heterocycles. The maximum absolute atomic E-state index is 9.00. The monoisotopic (exact) mass is 172 g/mol. The fourth-order valence-corrected chi connectivity index (χ4v) is 0.606. The zero-order valence-corrected chi connectivity index (χ0v) is 8.34. The molecule has 72 valence electrons. The summed E-state index contributed by atoms with van der Waals surface area (Å²) in [5.41, 5.74) is 0. The molecule has 2 nitrogen and oxygen atoms in total. The smallest absolute Gasteiger partial charge is 0.300 e. The molecular formula is C10H20O2. The first-order chi connectivity index (χ1) is 5.65. The fourth-order valence-electron chi connectivity index (χ4n) is 0.606. The summed E-state index contributed by atoms with van der Waals surface area (Å²) in [6.07, 6.45) is 9.61. The van der Waals surface area contributed by atoms with Crippen LogP contribution in [0.1, 0.15) is 46.5 Å². The summed E-state index contributed by atoms with van der Waals surface area (Å²) >= 11 is 0. The molecule has 1 N–H and O–H groups in total. The van der Waals surface area contributed by atoms with Gasteiger partial charge in [0.15, 0.2) is 0 Å². The van der Waals surface area contributed by atoms with Gasteiger partial charge in [-0.15, -0.1) is 0 Å². The Labute approximate surface area is 75.3 Å². The molecule has 0 heterocycles. The lowest BCUT2D eigenvalue weighted by molar-refractivity contribution is -0.134. The van der Waals surface area contributed by atoms with Crippen LogP contribution in [0.2, 0.25) is 0 Å². The third kappa shape index (κ3) is 35.0. The van der Waals surface area contributed by atoms with E-state index >= 15 is 0 Å². The van der Waals surface area contributed by atoms with E-state index in [-0.39, 0.29) is 0 Å². The molecular weight excluding hydrogens is 152 g/mol. The summed E-state index contributed by atoms with van der Waals surface area (Å²) in [5.74, 6) is -0.833. The average molecular weight is 172 g/mol. The summed E-state index contributed by atoms with van der Waals surface area (Å²) in [4.78, 5) is 9.00. The Kier molecular flexibility index (Phi) is 14.8. The quantitative estimate of drug-likeness (QED) is 0.522. The van der Waals surface area contributed by atoms with E-state index in [1.165, 1.54) is 25.7 Å². The van der Waals surface area contributed by atoms with Crippen molar-refractivity contribution in [3.63, 3.8) is 0 Å². The van der Waals surface area contributed by atoms with Crippen LogP contribution in [0.4, 0.5) is 0 Å². The molecule has 0 saturated carbocycles. The van der Waals surface area contributed by atoms with Crippen LogP contribution in [-0.2, 0) is 4.79 Å². The number of carbonyl (C=O) groups is 1. The van der Waals surface area contributed by atoms with Crippen LogP contribution >= 0.6 is 0 Å². The molecule has 2 heteroatoms. The van der Waals surface area contributed by atoms with E-state index in [0.717, 1.165) is 6.92 Å². The van der Waals surface area contributed by atoms with Gasteiger partial charge in [0.25, 0.3) is 5.97 Å². The van der Waals surface area contributed by atoms with E-state index in [1.54, 1.807) is 0 Å². The van der Waals surface area contributed by atoms with Crippen molar-refractivity contribution in [3.05, 3.63) is 12.2 Å². The van der Waals surface area contributed by atoms with Gasteiger partial charge in [-0.3, -0.25) is 4.79 Å². The molecule has 0 fully saturated rings. The minimum Gasteiger partial charge on any atom is -0.481 e. The molecule has 0 unspecified atom stereocenters. The predicted octanol–water partition coefficient (Wildman–Crippen LogP) is 3.23. The van der Waals surface area contributed by atoms with E-state index < -0.39 is 5.97 Å². The highest BCUT2D eigenvalue weighted by atomic mass is 16.4. The second-order valence-corrected chi connectivity index (χ2v) is 2.54. The van der Waals surface area contributed by atoms with Gasteiger partial charge >= 0.3 is 0 Å². The van der Waals surface area contributed by atoms with Gasteiger partial charge in [0, 0.05) is 6.92 Å². The first-order valence-electron chi connectivity index (χ1n) is 4.49. The molecule has 0 aromatic carbocycles. The van der Waals surface area contributed by atoms with E-state index in [4.69, 9.17) is 9.90 Å². The maximum Gasteiger partial charge on any atom is 0.300 e. The molecule has 0 aliphatic rings. The van der Waals surface area contributed by atoms with E-state index in [0.29, 0.717) is 0 Å². The second-order valence-electron chi connectivity index (χ2n) is 2.54. The fraction of sp³-hybridized carbons (Fsp3) is 0.700. The van der Waals surface area contributed by atoms with Crippen LogP contribution < -0.4 is 0 Å². The zero-order valence-electron chi connectivity index (χ0n) is 8.34. The number of aliphatic carboxylic acids is 1. The summed E-state index contributed by atoms with van der Waals surface area (Å²) in [6, 6.07) is 0. The Morgan fingerprint density at radius 3 is 2.17 bits per heavy atom. The summed E-state index contributed by atoms with van der Waals surface area (Å²) in [5, 5.41) is 7.42. The standard InChI is InChI=1S/C8H16.C2H4O2/c1-3-5-7-8-6-4-2;1-2(3)4/h5,7H,3-4,6,8H2,1-2H3;1H3,(H,3,4). The number of hydrogen-bond donors (Lipinski definition) is 1. The van der Waals surface area contributed by atoms with E-state index in [1.807, 2.05) is 0 Å². The molecule has 0 saturated heterocycles. The first kappa shape index (κ1) is 13.8. The van der Waals surface area contributed by atoms with Crippen molar-refractivity contribution in [3.8, 4) is 0 Å². The van der Waals surface area contributed by atoms with Crippen LogP contribution in [-0.4, -0.2) is 11.1 Å². The number of carboxylic acids is 1. The lowest BCUT2D eigenvalue weighted by atomic mass is 10.2. The van der Waals surface area contributed by atoms with Gasteiger partial charge in [0.1, 0.15) is 0 Å². The van der Waals surface area contributed by atoms with Gasteiger partial charge < -0.3 is 5.11 Å². The van der Waals surface area contributed by atoms with Gasteiger partial charge in [-0.1, -0.05) is 38.8 Å². The third-order valence-corrected chi connectivity index (χ3v) is 1.13. The number of unbranched alkanes of at least 4 members (excludes halogenated alkanes) is 2. The van der Waals surface area contributed by atoms with Crippen molar-refractivity contribution < 1.29 is 9.90 Å². The van der Waals surface area contributed by atoms with Gasteiger partial charge in [0.05, 0.1) is 0 Å². The van der Waals surface area contributed by atoms with Crippen molar-refractivity contribution in [1.82, 2.24) is 0 Å². The molecule has 0 amide bonds. The first-order valence-corrected chi connectivity index (χ1v) is 4.49. The summed E-state index contributed by atoms with van der Waals surface area (Å²) < 4.78 is 0. The largest absolute Gasteiger partial charge is 0.481 e. The zero-order chi connectivity index (χ0) is 9.82. The third-order valence-electron chi connectivity index (χ3n) is 1.13. The predicted molar refractivity (Wildman–Crippen MR) is 52.3 cm³/mol. The molecule has 0 aromatic rings. The Bertz CT molecular complexity index is 113. The minimum absolute atomic E-state index is 0.833. The second kappa shape index (κ2) is 12.8. The van der Waals surface area contributed by atoms with Gasteiger partial charge in [-0.05, 0) is 12.8 Å². The highest BCUT2D eigenvalue weighted by Crippen LogP contribution is 1.94. The molecule has 0 rings (SSSR count). The van der Waals surface area contributed by atoms with E-state index in [9.17, 15) is 0 Å². The van der Waals surface area contributed by atoms with Crippen molar-refractivity contribution in [2.24, 2.45) is 0 Å². The normalized spacial score (nSPS) is 9.25. The Balaban J connectivity index is 0. The Morgan fingerprint density at radius 2 is 1.83 bits per heavy atom. The molecule has 0 atom stereocenters. The number of allylic oxidation sites excluding steroid dienone is 2. The molecule has 0 spiro atoms. The Hall–Kier alpha value is -0.790. The van der Waals surface area contributed by atoms with Crippen molar-refractivity contribution >= 4 is 5.97 Å². The minimum atomic E-state index is -0.833. The van der Waals surface area contributed by atoms with Crippen LogP contribution in [0.3, 0.4) is 0 Å². The number of carboxylic acid groups (broad SMARTS) is 1. The van der Waals surface area contributed by atoms with Crippen molar-refractivity contribution in [1.29, 1.82) is 0 Å². The van der Waals surface area contributed by atoms with Crippen molar-refractivity contribution in [2.75, 3.05) is 0 Å². The highest BCUT2D eigenvalue weighted by molar-refractivity contribution is 5.62. The molecule has 0 radical (unpaired) electrons. The van der Waals surface area contributed by atoms with E-state index in [2.05, 4.69) is 26.0 Å². The van der Waals surface area contributed by atoms with Crippen LogP contribution in [0.5, 0.6) is 0 Å². The lowest BCUT2D eigenvalue weighted by Gasteiger charge is -1.85. The number of rotatable bonds is 4. The molecule has 0 aliphatic heterocycles. The summed E-state index contributed by atoms with van der Waals surface area (Å²) in [7, 11) is 0. The molecule has 12 heavy (non-hydrogen) atoms. The average Bonchev–Trinajstić information content (AvgIpc) is 1.97. The highest BCUT2D eigenvalue weighted by Gasteiger charge is 1.74. The number of hydrogen-bond acceptors (Lipinski definition) is 1. The van der Waals surface area contributed by atoms with Crippen LogP contribution in [0, 0.1) is 0 Å². The topological polar surface area (TPSA) is 37.3 Å². The molecule has 0 bridgehead atoms. The Morgan fingerprint density at radius 1 is 1.33 bits per heavy atom. The van der Waals surface area contributed by atoms with Gasteiger partial charge in [0.2, 0.25) is 0 Å². The van der Waals surface area contributed by atoms with Crippen LogP contribution in [0.25, 0.3) is 0 Å². The SMILES string of the molecule is CC(=O)O.CCC=CCCCC. The lowest BCUT2D eigenvalue weighted by Crippen LogP contribution is -1.78. The maximum atomic E-state index is 9.00. The van der Waals surface area contributed by atoms with Crippen molar-refractivity contribution in [2.45, 2.75) is 46.5 Å².